The highest BCUT2D eigenvalue weighted by Gasteiger charge is 2.13. The first kappa shape index (κ1) is 20.2. The molecule has 0 aliphatic heterocycles. The Morgan fingerprint density at radius 2 is 1.81 bits per heavy atom. The lowest BCUT2D eigenvalue weighted by molar-refractivity contribution is -0.129. The van der Waals surface area contributed by atoms with Crippen LogP contribution < -0.4 is 5.32 Å². The van der Waals surface area contributed by atoms with Crippen molar-refractivity contribution in [3.8, 4) is 0 Å². The molecular weight excluding hydrogens is 344 g/mol. The molecule has 0 fully saturated rings. The van der Waals surface area contributed by atoms with Crippen LogP contribution in [0.5, 0.6) is 0 Å². The molecule has 0 saturated heterocycles. The van der Waals surface area contributed by atoms with E-state index in [2.05, 4.69) is 10.1 Å². The Hall–Kier alpha value is -3.15. The molecule has 0 unspecified atom stereocenters. The molecule has 0 saturated carbocycles. The fourth-order valence-corrected chi connectivity index (χ4v) is 2.68. The van der Waals surface area contributed by atoms with E-state index in [4.69, 9.17) is 0 Å². The number of amides is 2. The van der Waals surface area contributed by atoms with Crippen LogP contribution in [0.3, 0.4) is 0 Å². The van der Waals surface area contributed by atoms with Gasteiger partial charge in [-0.3, -0.25) is 9.59 Å². The van der Waals surface area contributed by atoms with Crippen LogP contribution in [0.15, 0.2) is 48.5 Å². The molecule has 6 nitrogen and oxygen atoms in total. The summed E-state index contributed by atoms with van der Waals surface area (Å²) < 4.78 is 4.67. The highest BCUT2D eigenvalue weighted by atomic mass is 16.5. The lowest BCUT2D eigenvalue weighted by Crippen LogP contribution is -2.31. The van der Waals surface area contributed by atoms with Crippen molar-refractivity contribution in [1.29, 1.82) is 0 Å². The van der Waals surface area contributed by atoms with Gasteiger partial charge in [0.25, 0.3) is 0 Å². The van der Waals surface area contributed by atoms with E-state index >= 15 is 0 Å². The maximum absolute atomic E-state index is 12.2. The van der Waals surface area contributed by atoms with Gasteiger partial charge in [-0.15, -0.1) is 0 Å². The second-order valence-electron chi connectivity index (χ2n) is 6.30. The SMILES string of the molecule is COC(=O)c1cccc(NC(=O)CCN(Cc2cccc(C)c2)C(C)=O)c1. The summed E-state index contributed by atoms with van der Waals surface area (Å²) in [6.45, 7) is 4.26. The van der Waals surface area contributed by atoms with Crippen LogP contribution in [-0.4, -0.2) is 36.3 Å². The molecule has 0 spiro atoms. The average molecular weight is 368 g/mol. The van der Waals surface area contributed by atoms with Crippen molar-refractivity contribution in [2.75, 3.05) is 19.0 Å². The molecule has 2 aromatic rings. The van der Waals surface area contributed by atoms with Crippen LogP contribution in [0.25, 0.3) is 0 Å². The van der Waals surface area contributed by atoms with Crippen LogP contribution in [-0.2, 0) is 20.9 Å². The average Bonchev–Trinajstić information content (AvgIpc) is 2.64. The molecule has 0 bridgehead atoms. The van der Waals surface area contributed by atoms with E-state index in [1.165, 1.54) is 14.0 Å². The highest BCUT2D eigenvalue weighted by molar-refractivity contribution is 5.94. The highest BCUT2D eigenvalue weighted by Crippen LogP contribution is 2.13. The van der Waals surface area contributed by atoms with Gasteiger partial charge in [0.05, 0.1) is 12.7 Å². The number of carbonyl (C=O) groups excluding carboxylic acids is 3. The zero-order chi connectivity index (χ0) is 19.8. The number of rotatable bonds is 7. The summed E-state index contributed by atoms with van der Waals surface area (Å²) >= 11 is 0. The van der Waals surface area contributed by atoms with Gasteiger partial charge >= 0.3 is 5.97 Å². The third-order valence-corrected chi connectivity index (χ3v) is 4.08. The fraction of sp³-hybridized carbons (Fsp3) is 0.286. The van der Waals surface area contributed by atoms with E-state index in [0.29, 0.717) is 24.3 Å². The molecular formula is C21H24N2O4. The number of methoxy groups -OCH3 is 1. The summed E-state index contributed by atoms with van der Waals surface area (Å²) in [6, 6.07) is 14.5. The standard InChI is InChI=1S/C21H24N2O4/c1-15-6-4-7-17(12-15)14-23(16(2)24)11-10-20(25)22-19-9-5-8-18(13-19)21(26)27-3/h4-9,12-13H,10-11,14H2,1-3H3,(H,22,25). The van der Waals surface area contributed by atoms with Gasteiger partial charge in [0.1, 0.15) is 0 Å². The van der Waals surface area contributed by atoms with Gasteiger partial charge in [-0.25, -0.2) is 4.79 Å². The first-order valence-electron chi connectivity index (χ1n) is 8.68. The third kappa shape index (κ3) is 6.26. The largest absolute Gasteiger partial charge is 0.465 e. The quantitative estimate of drug-likeness (QED) is 0.762. The summed E-state index contributed by atoms with van der Waals surface area (Å²) in [5.41, 5.74) is 3.02. The summed E-state index contributed by atoms with van der Waals surface area (Å²) in [4.78, 5) is 37.3. The molecule has 0 radical (unpaired) electrons. The number of nitrogens with zero attached hydrogens (tertiary/aromatic N) is 1. The monoisotopic (exact) mass is 368 g/mol. The van der Waals surface area contributed by atoms with Gasteiger partial charge in [-0.1, -0.05) is 35.9 Å². The van der Waals surface area contributed by atoms with Gasteiger partial charge in [-0.2, -0.15) is 0 Å². The van der Waals surface area contributed by atoms with Crippen LogP contribution >= 0.6 is 0 Å². The molecule has 2 amide bonds. The summed E-state index contributed by atoms with van der Waals surface area (Å²) in [5.74, 6) is -0.781. The van der Waals surface area contributed by atoms with Crippen molar-refractivity contribution in [3.63, 3.8) is 0 Å². The van der Waals surface area contributed by atoms with E-state index in [1.807, 2.05) is 31.2 Å². The van der Waals surface area contributed by atoms with Crippen LogP contribution in [0.2, 0.25) is 0 Å². The minimum Gasteiger partial charge on any atom is -0.465 e. The second kappa shape index (κ2) is 9.52. The number of hydrogen-bond acceptors (Lipinski definition) is 4. The summed E-state index contributed by atoms with van der Waals surface area (Å²) in [7, 11) is 1.30. The summed E-state index contributed by atoms with van der Waals surface area (Å²) in [5, 5.41) is 2.74. The molecule has 0 aromatic heterocycles. The van der Waals surface area contributed by atoms with Crippen molar-refractivity contribution in [1.82, 2.24) is 4.90 Å². The number of esters is 1. The fourth-order valence-electron chi connectivity index (χ4n) is 2.68. The smallest absolute Gasteiger partial charge is 0.337 e. The Balaban J connectivity index is 1.94. The molecule has 2 aromatic carbocycles. The normalized spacial score (nSPS) is 10.2. The predicted molar refractivity (Wildman–Crippen MR) is 103 cm³/mol. The lowest BCUT2D eigenvalue weighted by atomic mass is 10.1. The molecule has 27 heavy (non-hydrogen) atoms. The first-order chi connectivity index (χ1) is 12.9. The van der Waals surface area contributed by atoms with E-state index in [1.54, 1.807) is 29.2 Å². The predicted octanol–water partition coefficient (Wildman–Crippen LogP) is 3.16. The zero-order valence-corrected chi connectivity index (χ0v) is 15.8. The minimum atomic E-state index is -0.466. The van der Waals surface area contributed by atoms with Crippen molar-refractivity contribution in [2.45, 2.75) is 26.8 Å². The number of nitrogens with one attached hydrogen (secondary N) is 1. The Labute approximate surface area is 159 Å². The van der Waals surface area contributed by atoms with Gasteiger partial charge < -0.3 is 15.0 Å². The molecule has 2 rings (SSSR count). The van der Waals surface area contributed by atoms with Gasteiger partial charge in [0, 0.05) is 32.1 Å². The maximum Gasteiger partial charge on any atom is 0.337 e. The number of ether oxygens (including phenoxy) is 1. The third-order valence-electron chi connectivity index (χ3n) is 4.08. The van der Waals surface area contributed by atoms with Gasteiger partial charge in [0.15, 0.2) is 0 Å². The molecule has 0 atom stereocenters. The van der Waals surface area contributed by atoms with E-state index in [-0.39, 0.29) is 18.2 Å². The molecule has 0 aliphatic rings. The number of hydrogen-bond donors (Lipinski definition) is 1. The molecule has 0 aliphatic carbocycles. The Bertz CT molecular complexity index is 832. The topological polar surface area (TPSA) is 75.7 Å². The van der Waals surface area contributed by atoms with Crippen LogP contribution in [0.4, 0.5) is 5.69 Å². The number of aryl methyl sites for hydroxylation is 1. The Morgan fingerprint density at radius 3 is 2.48 bits per heavy atom. The number of benzene rings is 2. The Kier molecular flexibility index (Phi) is 7.11. The van der Waals surface area contributed by atoms with Crippen LogP contribution in [0.1, 0.15) is 34.8 Å². The van der Waals surface area contributed by atoms with E-state index in [0.717, 1.165) is 11.1 Å². The van der Waals surface area contributed by atoms with E-state index in [9.17, 15) is 14.4 Å². The Morgan fingerprint density at radius 1 is 1.07 bits per heavy atom. The maximum atomic E-state index is 12.2. The lowest BCUT2D eigenvalue weighted by Gasteiger charge is -2.21. The minimum absolute atomic E-state index is 0.0861. The number of carbonyl (C=O) groups is 3. The van der Waals surface area contributed by atoms with Crippen molar-refractivity contribution < 1.29 is 19.1 Å². The molecule has 1 N–H and O–H groups in total. The molecule has 0 heterocycles. The van der Waals surface area contributed by atoms with Crippen LogP contribution in [0, 0.1) is 6.92 Å². The number of anilines is 1. The van der Waals surface area contributed by atoms with Crippen molar-refractivity contribution in [2.24, 2.45) is 0 Å². The first-order valence-corrected chi connectivity index (χ1v) is 8.68. The molecule has 6 heteroatoms. The van der Waals surface area contributed by atoms with Crippen molar-refractivity contribution >= 4 is 23.5 Å². The molecule has 142 valence electrons. The van der Waals surface area contributed by atoms with Gasteiger partial charge in [-0.05, 0) is 30.7 Å². The summed E-state index contributed by atoms with van der Waals surface area (Å²) in [6.07, 6.45) is 0.161. The van der Waals surface area contributed by atoms with Gasteiger partial charge in [0.2, 0.25) is 11.8 Å². The van der Waals surface area contributed by atoms with Crippen molar-refractivity contribution in [3.05, 3.63) is 65.2 Å². The van der Waals surface area contributed by atoms with E-state index < -0.39 is 5.97 Å². The second-order valence-corrected chi connectivity index (χ2v) is 6.30. The zero-order valence-electron chi connectivity index (χ0n) is 15.8.